The van der Waals surface area contributed by atoms with Gasteiger partial charge in [-0.2, -0.15) is 0 Å². The number of ketones is 1. The monoisotopic (exact) mass is 354 g/mol. The molecule has 0 saturated heterocycles. The standard InChI is InChI=1S/C19H31O4P/c1-7-22-24(21,23-8-2)14-12-15(3)9-10-17-16(4)18(20)11-13-19(17,5)6/h9-10,12H,7-8,11,13-14H2,1-6H3. The van der Waals surface area contributed by atoms with Gasteiger partial charge in [-0.15, -0.1) is 0 Å². The van der Waals surface area contributed by atoms with Gasteiger partial charge in [0.25, 0.3) is 0 Å². The van der Waals surface area contributed by atoms with Crippen molar-refractivity contribution >= 4 is 13.4 Å². The van der Waals surface area contributed by atoms with Crippen LogP contribution in [0.1, 0.15) is 54.4 Å². The predicted octanol–water partition coefficient (Wildman–Crippen LogP) is 5.46. The molecule has 4 nitrogen and oxygen atoms in total. The number of allylic oxidation sites excluding steroid dienone is 6. The second-order valence-corrected chi connectivity index (χ2v) is 8.86. The molecule has 0 saturated carbocycles. The number of carbonyl (C=O) groups is 1. The van der Waals surface area contributed by atoms with Crippen LogP contribution in [0.4, 0.5) is 0 Å². The third kappa shape index (κ3) is 5.84. The average molecular weight is 354 g/mol. The van der Waals surface area contributed by atoms with E-state index in [1.54, 1.807) is 13.8 Å². The van der Waals surface area contributed by atoms with E-state index >= 15 is 0 Å². The van der Waals surface area contributed by atoms with Crippen LogP contribution in [0.15, 0.2) is 34.9 Å². The van der Waals surface area contributed by atoms with Gasteiger partial charge in [-0.1, -0.05) is 37.6 Å². The molecule has 0 amide bonds. The van der Waals surface area contributed by atoms with Crippen molar-refractivity contribution in [2.75, 3.05) is 19.4 Å². The summed E-state index contributed by atoms with van der Waals surface area (Å²) in [5, 5.41) is 0. The fourth-order valence-electron chi connectivity index (χ4n) is 2.83. The summed E-state index contributed by atoms with van der Waals surface area (Å²) in [7, 11) is -3.05. The van der Waals surface area contributed by atoms with E-state index in [1.165, 1.54) is 0 Å². The Bertz CT molecular complexity index is 586. The van der Waals surface area contributed by atoms with Crippen LogP contribution in [0.25, 0.3) is 0 Å². The maximum Gasteiger partial charge on any atom is 0.334 e. The third-order valence-electron chi connectivity index (χ3n) is 4.33. The zero-order chi connectivity index (χ0) is 18.4. The van der Waals surface area contributed by atoms with Crippen LogP contribution in [-0.4, -0.2) is 25.2 Å². The van der Waals surface area contributed by atoms with Gasteiger partial charge in [0.05, 0.1) is 19.4 Å². The molecule has 1 aliphatic rings. The lowest BCUT2D eigenvalue weighted by Gasteiger charge is -2.32. The van der Waals surface area contributed by atoms with E-state index in [0.717, 1.165) is 23.1 Å². The van der Waals surface area contributed by atoms with E-state index in [4.69, 9.17) is 9.05 Å². The van der Waals surface area contributed by atoms with Crippen molar-refractivity contribution in [1.82, 2.24) is 0 Å². The predicted molar refractivity (Wildman–Crippen MR) is 99.3 cm³/mol. The van der Waals surface area contributed by atoms with Crippen molar-refractivity contribution in [1.29, 1.82) is 0 Å². The second kappa shape index (κ2) is 8.94. The van der Waals surface area contributed by atoms with Crippen molar-refractivity contribution in [2.45, 2.75) is 54.4 Å². The molecule has 0 aromatic rings. The first-order valence-electron chi connectivity index (χ1n) is 8.62. The zero-order valence-electron chi connectivity index (χ0n) is 15.8. The number of hydrogen-bond acceptors (Lipinski definition) is 4. The molecule has 136 valence electrons. The molecule has 0 radical (unpaired) electrons. The molecule has 0 aliphatic heterocycles. The lowest BCUT2D eigenvalue weighted by atomic mass is 9.72. The Labute approximate surface area is 146 Å². The first-order valence-corrected chi connectivity index (χ1v) is 10.4. The van der Waals surface area contributed by atoms with Gasteiger partial charge in [0.15, 0.2) is 5.78 Å². The molecule has 24 heavy (non-hydrogen) atoms. The van der Waals surface area contributed by atoms with Gasteiger partial charge in [0, 0.05) is 6.42 Å². The van der Waals surface area contributed by atoms with Gasteiger partial charge in [0.2, 0.25) is 0 Å². The number of hydrogen-bond donors (Lipinski definition) is 0. The fraction of sp³-hybridized carbons (Fsp3) is 0.632. The Balaban J connectivity index is 2.91. The summed E-state index contributed by atoms with van der Waals surface area (Å²) in [6, 6.07) is 0. The van der Waals surface area contributed by atoms with Crippen LogP contribution in [0.5, 0.6) is 0 Å². The minimum Gasteiger partial charge on any atom is -0.309 e. The Morgan fingerprint density at radius 3 is 2.38 bits per heavy atom. The van der Waals surface area contributed by atoms with Crippen LogP contribution < -0.4 is 0 Å². The topological polar surface area (TPSA) is 52.6 Å². The van der Waals surface area contributed by atoms with E-state index in [2.05, 4.69) is 13.8 Å². The van der Waals surface area contributed by atoms with E-state index < -0.39 is 7.60 Å². The van der Waals surface area contributed by atoms with Crippen molar-refractivity contribution < 1.29 is 18.4 Å². The van der Waals surface area contributed by atoms with Gasteiger partial charge in [-0.05, 0) is 50.7 Å². The quantitative estimate of drug-likeness (QED) is 0.429. The molecular weight excluding hydrogens is 323 g/mol. The van der Waals surface area contributed by atoms with E-state index in [9.17, 15) is 9.36 Å². The molecule has 0 heterocycles. The molecule has 0 bridgehead atoms. The van der Waals surface area contributed by atoms with Gasteiger partial charge < -0.3 is 9.05 Å². The largest absolute Gasteiger partial charge is 0.334 e. The van der Waals surface area contributed by atoms with Crippen molar-refractivity contribution in [3.63, 3.8) is 0 Å². The highest BCUT2D eigenvalue weighted by atomic mass is 31.2. The molecule has 0 spiro atoms. The summed E-state index contributed by atoms with van der Waals surface area (Å²) < 4.78 is 23.0. The summed E-state index contributed by atoms with van der Waals surface area (Å²) in [6.07, 6.45) is 7.61. The number of carbonyl (C=O) groups excluding carboxylic acids is 1. The molecular formula is C19H31O4P. The zero-order valence-corrected chi connectivity index (χ0v) is 16.7. The van der Waals surface area contributed by atoms with Crippen LogP contribution in [-0.2, 0) is 18.4 Å². The molecule has 5 heteroatoms. The third-order valence-corrected chi connectivity index (χ3v) is 6.26. The highest BCUT2D eigenvalue weighted by Gasteiger charge is 2.30. The smallest absolute Gasteiger partial charge is 0.309 e. The summed E-state index contributed by atoms with van der Waals surface area (Å²) in [5.74, 6) is 0.229. The molecule has 0 N–H and O–H groups in total. The van der Waals surface area contributed by atoms with Crippen LogP contribution in [0.2, 0.25) is 0 Å². The Hall–Kier alpha value is -0.960. The van der Waals surface area contributed by atoms with Gasteiger partial charge in [-0.3, -0.25) is 9.36 Å². The maximum absolute atomic E-state index is 12.5. The second-order valence-electron chi connectivity index (χ2n) is 6.76. The maximum atomic E-state index is 12.5. The van der Waals surface area contributed by atoms with Gasteiger partial charge >= 0.3 is 7.60 Å². The highest BCUT2D eigenvalue weighted by molar-refractivity contribution is 7.54. The summed E-state index contributed by atoms with van der Waals surface area (Å²) >= 11 is 0. The molecule has 0 fully saturated rings. The molecule has 0 atom stereocenters. The Morgan fingerprint density at radius 2 is 1.83 bits per heavy atom. The van der Waals surface area contributed by atoms with Crippen molar-refractivity contribution in [2.24, 2.45) is 5.41 Å². The van der Waals surface area contributed by atoms with Gasteiger partial charge in [-0.25, -0.2) is 0 Å². The lowest BCUT2D eigenvalue weighted by molar-refractivity contribution is -0.116. The number of Topliss-reactive ketones (excluding diaryl/α,β-unsaturated/α-hetero) is 1. The average Bonchev–Trinajstić information content (AvgIpc) is 2.50. The van der Waals surface area contributed by atoms with Crippen LogP contribution >= 0.6 is 7.60 Å². The molecule has 0 aromatic carbocycles. The number of rotatable bonds is 8. The Kier molecular flexibility index (Phi) is 7.85. The summed E-state index contributed by atoms with van der Waals surface area (Å²) in [6.45, 7) is 12.5. The fourth-order valence-corrected chi connectivity index (χ4v) is 4.41. The first-order chi connectivity index (χ1) is 11.1. The van der Waals surface area contributed by atoms with E-state index in [1.807, 2.05) is 32.1 Å². The van der Waals surface area contributed by atoms with Crippen LogP contribution in [0, 0.1) is 5.41 Å². The van der Waals surface area contributed by atoms with Crippen molar-refractivity contribution in [3.8, 4) is 0 Å². The van der Waals surface area contributed by atoms with Crippen molar-refractivity contribution in [3.05, 3.63) is 34.9 Å². The van der Waals surface area contributed by atoms with E-state index in [-0.39, 0.29) is 17.4 Å². The molecule has 1 rings (SSSR count). The molecule has 0 unspecified atom stereocenters. The Morgan fingerprint density at radius 1 is 1.25 bits per heavy atom. The molecule has 1 aliphatic carbocycles. The van der Waals surface area contributed by atoms with Crippen LogP contribution in [0.3, 0.4) is 0 Å². The van der Waals surface area contributed by atoms with Gasteiger partial charge in [0.1, 0.15) is 0 Å². The minimum atomic E-state index is -3.05. The summed E-state index contributed by atoms with van der Waals surface area (Å²) in [5.41, 5.74) is 2.92. The normalized spacial score (nSPS) is 19.4. The molecule has 0 aromatic heterocycles. The lowest BCUT2D eigenvalue weighted by Crippen LogP contribution is -2.24. The first kappa shape index (κ1) is 21.1. The summed E-state index contributed by atoms with van der Waals surface area (Å²) in [4.78, 5) is 12.0. The minimum absolute atomic E-state index is 0.000703. The van der Waals surface area contributed by atoms with E-state index in [0.29, 0.717) is 19.6 Å². The SMILES string of the molecule is CCOP(=O)(CC=C(C)C=CC1=C(C)C(=O)CCC1(C)C)OCC. The highest BCUT2D eigenvalue weighted by Crippen LogP contribution is 2.48.